The third-order valence-corrected chi connectivity index (χ3v) is 3.68. The summed E-state index contributed by atoms with van der Waals surface area (Å²) in [5, 5.41) is 0. The van der Waals surface area contributed by atoms with Crippen LogP contribution in [0, 0.1) is 0 Å². The first-order valence-electron chi connectivity index (χ1n) is 6.33. The lowest BCUT2D eigenvalue weighted by atomic mass is 10.1. The average molecular weight is 234 g/mol. The van der Waals surface area contributed by atoms with E-state index in [2.05, 4.69) is 18.0 Å². The summed E-state index contributed by atoms with van der Waals surface area (Å²) in [6, 6.07) is 6.65. The van der Waals surface area contributed by atoms with Crippen LogP contribution in [0.15, 0.2) is 18.2 Å². The van der Waals surface area contributed by atoms with Crippen molar-refractivity contribution in [3.05, 3.63) is 23.8 Å². The van der Waals surface area contributed by atoms with Crippen molar-refractivity contribution in [2.45, 2.75) is 38.3 Å². The monoisotopic (exact) mass is 234 g/mol. The number of anilines is 1. The topological polar surface area (TPSA) is 38.5 Å². The number of methoxy groups -OCH3 is 1. The summed E-state index contributed by atoms with van der Waals surface area (Å²) in [6.07, 6.45) is 5.39. The molecule has 17 heavy (non-hydrogen) atoms. The van der Waals surface area contributed by atoms with Gasteiger partial charge in [-0.2, -0.15) is 0 Å². The Morgan fingerprint density at radius 1 is 1.35 bits per heavy atom. The third-order valence-electron chi connectivity index (χ3n) is 3.68. The molecule has 0 aliphatic heterocycles. The molecule has 1 saturated carbocycles. The van der Waals surface area contributed by atoms with Gasteiger partial charge in [-0.1, -0.05) is 18.9 Å². The van der Waals surface area contributed by atoms with Gasteiger partial charge in [-0.3, -0.25) is 4.90 Å². The van der Waals surface area contributed by atoms with E-state index in [9.17, 15) is 0 Å². The zero-order chi connectivity index (χ0) is 12.3. The Bertz CT molecular complexity index is 372. The van der Waals surface area contributed by atoms with Crippen LogP contribution < -0.4 is 10.5 Å². The highest BCUT2D eigenvalue weighted by Gasteiger charge is 2.20. The predicted octanol–water partition coefficient (Wildman–Crippen LogP) is 2.65. The van der Waals surface area contributed by atoms with Gasteiger partial charge >= 0.3 is 0 Å². The van der Waals surface area contributed by atoms with Crippen molar-refractivity contribution in [2.24, 2.45) is 0 Å². The first kappa shape index (κ1) is 12.2. The molecule has 0 spiro atoms. The van der Waals surface area contributed by atoms with Crippen LogP contribution >= 0.6 is 0 Å². The maximum absolute atomic E-state index is 5.76. The zero-order valence-corrected chi connectivity index (χ0v) is 10.8. The molecule has 1 aliphatic rings. The second-order valence-electron chi connectivity index (χ2n) is 4.92. The average Bonchev–Trinajstić information content (AvgIpc) is 2.85. The van der Waals surface area contributed by atoms with Crippen LogP contribution in [0.2, 0.25) is 0 Å². The molecule has 0 amide bonds. The number of nitrogens with zero attached hydrogens (tertiary/aromatic N) is 1. The highest BCUT2D eigenvalue weighted by molar-refractivity contribution is 5.48. The van der Waals surface area contributed by atoms with Crippen molar-refractivity contribution in [3.8, 4) is 5.75 Å². The van der Waals surface area contributed by atoms with Crippen molar-refractivity contribution >= 4 is 5.69 Å². The number of rotatable bonds is 4. The minimum Gasteiger partial charge on any atom is -0.496 e. The largest absolute Gasteiger partial charge is 0.496 e. The van der Waals surface area contributed by atoms with E-state index in [0.717, 1.165) is 24.0 Å². The molecule has 0 radical (unpaired) electrons. The number of hydrogen-bond donors (Lipinski definition) is 1. The second-order valence-corrected chi connectivity index (χ2v) is 4.92. The fraction of sp³-hybridized carbons (Fsp3) is 0.571. The quantitative estimate of drug-likeness (QED) is 0.814. The molecule has 0 saturated heterocycles. The lowest BCUT2D eigenvalue weighted by Gasteiger charge is -2.24. The Hall–Kier alpha value is -1.22. The molecule has 2 N–H and O–H groups in total. The second kappa shape index (κ2) is 5.41. The molecule has 2 rings (SSSR count). The first-order chi connectivity index (χ1) is 8.20. The van der Waals surface area contributed by atoms with Crippen LogP contribution in [-0.2, 0) is 6.54 Å². The molecule has 3 nitrogen and oxygen atoms in total. The van der Waals surface area contributed by atoms with E-state index < -0.39 is 0 Å². The molecule has 0 unspecified atom stereocenters. The summed E-state index contributed by atoms with van der Waals surface area (Å²) in [6.45, 7) is 0.939. The number of ether oxygens (including phenoxy) is 1. The van der Waals surface area contributed by atoms with Crippen LogP contribution in [0.3, 0.4) is 0 Å². The molecular weight excluding hydrogens is 212 g/mol. The van der Waals surface area contributed by atoms with Crippen molar-refractivity contribution in [1.82, 2.24) is 4.90 Å². The summed E-state index contributed by atoms with van der Waals surface area (Å²) in [4.78, 5) is 2.43. The van der Waals surface area contributed by atoms with E-state index in [-0.39, 0.29) is 0 Å². The van der Waals surface area contributed by atoms with Gasteiger partial charge in [0.15, 0.2) is 0 Å². The summed E-state index contributed by atoms with van der Waals surface area (Å²) in [5.41, 5.74) is 7.74. The Morgan fingerprint density at radius 3 is 2.71 bits per heavy atom. The van der Waals surface area contributed by atoms with Crippen LogP contribution in [-0.4, -0.2) is 25.1 Å². The number of hydrogen-bond acceptors (Lipinski definition) is 3. The highest BCUT2D eigenvalue weighted by atomic mass is 16.5. The van der Waals surface area contributed by atoms with Gasteiger partial charge in [0.05, 0.1) is 7.11 Å². The minimum atomic E-state index is 0.734. The zero-order valence-electron chi connectivity index (χ0n) is 10.8. The van der Waals surface area contributed by atoms with E-state index in [1.165, 1.54) is 31.2 Å². The van der Waals surface area contributed by atoms with Crippen molar-refractivity contribution in [1.29, 1.82) is 0 Å². The fourth-order valence-electron chi connectivity index (χ4n) is 2.63. The van der Waals surface area contributed by atoms with E-state index in [0.29, 0.717) is 0 Å². The van der Waals surface area contributed by atoms with Crippen molar-refractivity contribution in [3.63, 3.8) is 0 Å². The van der Waals surface area contributed by atoms with Crippen molar-refractivity contribution < 1.29 is 4.74 Å². The predicted molar refractivity (Wildman–Crippen MR) is 71.1 cm³/mol. The smallest absolute Gasteiger partial charge is 0.125 e. The Labute approximate surface area is 104 Å². The summed E-state index contributed by atoms with van der Waals surface area (Å²) >= 11 is 0. The SMILES string of the molecule is COc1cc(N)ccc1CN(C)C1CCCC1. The van der Waals surface area contributed by atoms with Gasteiger partial charge < -0.3 is 10.5 Å². The van der Waals surface area contributed by atoms with E-state index in [1.807, 2.05) is 12.1 Å². The van der Waals surface area contributed by atoms with Gasteiger partial charge in [0.2, 0.25) is 0 Å². The van der Waals surface area contributed by atoms with Gasteiger partial charge in [0, 0.05) is 29.9 Å². The molecule has 1 aromatic rings. The lowest BCUT2D eigenvalue weighted by molar-refractivity contribution is 0.234. The van der Waals surface area contributed by atoms with Crippen molar-refractivity contribution in [2.75, 3.05) is 19.9 Å². The van der Waals surface area contributed by atoms with Gasteiger partial charge in [-0.05, 0) is 26.0 Å². The van der Waals surface area contributed by atoms with Gasteiger partial charge in [-0.15, -0.1) is 0 Å². The molecule has 94 valence electrons. The van der Waals surface area contributed by atoms with E-state index in [1.54, 1.807) is 7.11 Å². The Balaban J connectivity index is 2.06. The Kier molecular flexibility index (Phi) is 3.89. The number of benzene rings is 1. The maximum atomic E-state index is 5.76. The summed E-state index contributed by atoms with van der Waals surface area (Å²) < 4.78 is 5.38. The first-order valence-corrected chi connectivity index (χ1v) is 6.33. The van der Waals surface area contributed by atoms with Crippen LogP contribution in [0.5, 0.6) is 5.75 Å². The summed E-state index contributed by atoms with van der Waals surface area (Å²) in [7, 11) is 3.90. The molecule has 3 heteroatoms. The molecule has 0 atom stereocenters. The molecule has 1 aliphatic carbocycles. The van der Waals surface area contributed by atoms with Gasteiger partial charge in [0.25, 0.3) is 0 Å². The minimum absolute atomic E-state index is 0.734. The van der Waals surface area contributed by atoms with Gasteiger partial charge in [0.1, 0.15) is 5.75 Å². The number of nitrogens with two attached hydrogens (primary N) is 1. The van der Waals surface area contributed by atoms with E-state index >= 15 is 0 Å². The molecule has 0 bridgehead atoms. The lowest BCUT2D eigenvalue weighted by Crippen LogP contribution is -2.28. The molecule has 1 fully saturated rings. The summed E-state index contributed by atoms with van der Waals surface area (Å²) in [5.74, 6) is 0.898. The molecule has 1 aromatic carbocycles. The molecular formula is C14H22N2O. The van der Waals surface area contributed by atoms with Gasteiger partial charge in [-0.25, -0.2) is 0 Å². The Morgan fingerprint density at radius 2 is 2.06 bits per heavy atom. The standard InChI is InChI=1S/C14H22N2O/c1-16(13-5-3-4-6-13)10-11-7-8-12(15)9-14(11)17-2/h7-9,13H,3-6,10,15H2,1-2H3. The van der Waals surface area contributed by atoms with Crippen LogP contribution in [0.25, 0.3) is 0 Å². The molecule has 0 aromatic heterocycles. The highest BCUT2D eigenvalue weighted by Crippen LogP contribution is 2.27. The molecule has 0 heterocycles. The van der Waals surface area contributed by atoms with Crippen LogP contribution in [0.4, 0.5) is 5.69 Å². The number of nitrogen functional groups attached to an aromatic ring is 1. The van der Waals surface area contributed by atoms with Crippen LogP contribution in [0.1, 0.15) is 31.2 Å². The normalized spacial score (nSPS) is 16.6. The fourth-order valence-corrected chi connectivity index (χ4v) is 2.63. The maximum Gasteiger partial charge on any atom is 0.125 e. The van der Waals surface area contributed by atoms with E-state index in [4.69, 9.17) is 10.5 Å². The third kappa shape index (κ3) is 2.91.